The van der Waals surface area contributed by atoms with Gasteiger partial charge in [-0.25, -0.2) is 0 Å². The average Bonchev–Trinajstić information content (AvgIpc) is 1.87. The third-order valence-corrected chi connectivity index (χ3v) is 1.63. The van der Waals surface area contributed by atoms with E-state index >= 15 is 0 Å². The van der Waals surface area contributed by atoms with Crippen molar-refractivity contribution in [2.75, 3.05) is 0 Å². The fraction of sp³-hybridized carbons (Fsp3) is 0.667. The van der Waals surface area contributed by atoms with Crippen LogP contribution in [0.4, 0.5) is 0 Å². The van der Waals surface area contributed by atoms with E-state index in [0.717, 1.165) is 0 Å². The van der Waals surface area contributed by atoms with E-state index < -0.39 is 0 Å². The third kappa shape index (κ3) is 4.26. The quantitative estimate of drug-likeness (QED) is 0.401. The van der Waals surface area contributed by atoms with Gasteiger partial charge >= 0.3 is 0 Å². The van der Waals surface area contributed by atoms with E-state index in [9.17, 15) is 0 Å². The van der Waals surface area contributed by atoms with Gasteiger partial charge in [0, 0.05) is 0 Å². The van der Waals surface area contributed by atoms with Crippen LogP contribution in [0.2, 0.25) is 0 Å². The van der Waals surface area contributed by atoms with Gasteiger partial charge in [0.1, 0.15) is 0 Å². The molecule has 0 aliphatic rings. The molecular formula is C9H17-. The predicted octanol–water partition coefficient (Wildman–Crippen LogP) is 3.20. The van der Waals surface area contributed by atoms with Gasteiger partial charge in [-0.1, -0.05) is 19.4 Å². The van der Waals surface area contributed by atoms with E-state index in [2.05, 4.69) is 40.2 Å². The average molecular weight is 125 g/mol. The van der Waals surface area contributed by atoms with Gasteiger partial charge in [-0.15, -0.1) is 6.08 Å². The lowest BCUT2D eigenvalue weighted by Crippen LogP contribution is -1.87. The molecule has 0 saturated heterocycles. The minimum absolute atomic E-state index is 0.643. The van der Waals surface area contributed by atoms with Gasteiger partial charge in [0.05, 0.1) is 0 Å². The Morgan fingerprint density at radius 3 is 2.56 bits per heavy atom. The van der Waals surface area contributed by atoms with Crippen molar-refractivity contribution < 1.29 is 0 Å². The highest BCUT2D eigenvalue weighted by Crippen LogP contribution is 2.07. The van der Waals surface area contributed by atoms with Gasteiger partial charge < -0.3 is 6.42 Å². The Morgan fingerprint density at radius 2 is 2.22 bits per heavy atom. The zero-order chi connectivity index (χ0) is 7.28. The molecular weight excluding hydrogens is 108 g/mol. The second-order valence-corrected chi connectivity index (χ2v) is 2.56. The molecule has 0 aromatic carbocycles. The summed E-state index contributed by atoms with van der Waals surface area (Å²) in [6.07, 6.45) is 5.69. The maximum absolute atomic E-state index is 2.31. The zero-order valence-corrected chi connectivity index (χ0v) is 6.94. The minimum atomic E-state index is 0.643. The maximum Gasteiger partial charge on any atom is -0.0353 e. The Bertz CT molecular complexity index is 90.2. The first kappa shape index (κ1) is 8.74. The first-order chi connectivity index (χ1) is 4.20. The van der Waals surface area contributed by atoms with Crippen molar-refractivity contribution >= 4 is 0 Å². The van der Waals surface area contributed by atoms with Gasteiger partial charge in [0.15, 0.2) is 0 Å². The number of rotatable bonds is 3. The van der Waals surface area contributed by atoms with E-state index in [1.165, 1.54) is 12.0 Å². The molecule has 0 nitrogen and oxygen atoms in total. The van der Waals surface area contributed by atoms with Crippen molar-refractivity contribution in [1.82, 2.24) is 0 Å². The van der Waals surface area contributed by atoms with Crippen LogP contribution in [-0.2, 0) is 0 Å². The molecule has 0 heterocycles. The highest BCUT2D eigenvalue weighted by molar-refractivity contribution is 5.01. The normalized spacial score (nSPS) is 15.8. The first-order valence-electron chi connectivity index (χ1n) is 3.67. The van der Waals surface area contributed by atoms with Gasteiger partial charge in [-0.3, -0.25) is 0 Å². The van der Waals surface area contributed by atoms with Crippen molar-refractivity contribution in [3.8, 4) is 0 Å². The molecule has 0 rings (SSSR count). The Labute approximate surface area is 59.0 Å². The summed E-state index contributed by atoms with van der Waals surface area (Å²) in [5.74, 6) is 0.643. The largest absolute Gasteiger partial charge is 0.325 e. The van der Waals surface area contributed by atoms with Crippen LogP contribution in [-0.4, -0.2) is 0 Å². The molecule has 54 valence electrons. The highest BCUT2D eigenvalue weighted by Gasteiger charge is 1.84. The molecule has 0 heteroatoms. The summed E-state index contributed by atoms with van der Waals surface area (Å²) >= 11 is 0. The van der Waals surface area contributed by atoms with Crippen LogP contribution in [0, 0.1) is 12.3 Å². The summed E-state index contributed by atoms with van der Waals surface area (Å²) in [6.45, 7) is 8.68. The van der Waals surface area contributed by atoms with Gasteiger partial charge in [0.25, 0.3) is 0 Å². The Kier molecular flexibility index (Phi) is 4.47. The maximum atomic E-state index is 2.31. The highest BCUT2D eigenvalue weighted by atomic mass is 14.0. The predicted molar refractivity (Wildman–Crippen MR) is 43.2 cm³/mol. The number of allylic oxidation sites excluding steroid dienone is 2. The lowest BCUT2D eigenvalue weighted by atomic mass is 10.0. The Balaban J connectivity index is 3.64. The molecule has 1 unspecified atom stereocenters. The van der Waals surface area contributed by atoms with Crippen molar-refractivity contribution in [3.05, 3.63) is 18.1 Å². The second kappa shape index (κ2) is 4.60. The summed E-state index contributed by atoms with van der Waals surface area (Å²) in [5.41, 5.74) is 1.49. The number of hydrogen-bond donors (Lipinski definition) is 0. The molecule has 1 atom stereocenters. The number of hydrogen-bond acceptors (Lipinski definition) is 0. The van der Waals surface area contributed by atoms with Crippen LogP contribution in [0.5, 0.6) is 0 Å². The van der Waals surface area contributed by atoms with Crippen LogP contribution in [0.1, 0.15) is 34.1 Å². The van der Waals surface area contributed by atoms with E-state index in [1.807, 2.05) is 0 Å². The minimum Gasteiger partial charge on any atom is -0.325 e. The topological polar surface area (TPSA) is 0 Å². The summed E-state index contributed by atoms with van der Waals surface area (Å²) in [5, 5.41) is 0. The molecule has 0 aromatic heterocycles. The summed E-state index contributed by atoms with van der Waals surface area (Å²) < 4.78 is 0. The van der Waals surface area contributed by atoms with Crippen LogP contribution in [0.15, 0.2) is 11.6 Å². The van der Waals surface area contributed by atoms with Crippen LogP contribution < -0.4 is 0 Å². The Morgan fingerprint density at radius 1 is 1.67 bits per heavy atom. The fourth-order valence-electron chi connectivity index (χ4n) is 0.663. The molecule has 0 amide bonds. The molecule has 0 aliphatic carbocycles. The van der Waals surface area contributed by atoms with Gasteiger partial charge in [-0.05, 0) is 13.3 Å². The molecule has 0 aliphatic heterocycles. The molecule has 0 N–H and O–H groups in total. The van der Waals surface area contributed by atoms with E-state index in [1.54, 1.807) is 0 Å². The monoisotopic (exact) mass is 125 g/mol. The molecule has 0 bridgehead atoms. The van der Waals surface area contributed by atoms with Gasteiger partial charge in [0.2, 0.25) is 0 Å². The lowest BCUT2D eigenvalue weighted by Gasteiger charge is -2.11. The molecule has 0 spiro atoms. The Hall–Kier alpha value is -0.260. The summed E-state index contributed by atoms with van der Waals surface area (Å²) in [4.78, 5) is 0. The molecule has 0 fully saturated rings. The first-order valence-corrected chi connectivity index (χ1v) is 3.67. The van der Waals surface area contributed by atoms with E-state index in [-0.39, 0.29) is 0 Å². The summed E-state index contributed by atoms with van der Waals surface area (Å²) in [7, 11) is 0. The SMILES string of the molecule is C[CH-]C(C)/C=C(\C)CC. The fourth-order valence-corrected chi connectivity index (χ4v) is 0.663. The standard InChI is InChI=1S/C9H17/c1-5-8(3)7-9(4)6-2/h5,7-8H,6H2,1-4H3/q-1/b9-7+. The van der Waals surface area contributed by atoms with Gasteiger partial charge in [-0.2, -0.15) is 12.8 Å². The molecule has 0 saturated carbocycles. The van der Waals surface area contributed by atoms with Crippen LogP contribution in [0.25, 0.3) is 0 Å². The van der Waals surface area contributed by atoms with Crippen LogP contribution >= 0.6 is 0 Å². The van der Waals surface area contributed by atoms with Crippen molar-refractivity contribution in [3.63, 3.8) is 0 Å². The van der Waals surface area contributed by atoms with Crippen molar-refractivity contribution in [2.45, 2.75) is 34.1 Å². The second-order valence-electron chi connectivity index (χ2n) is 2.56. The lowest BCUT2D eigenvalue weighted by molar-refractivity contribution is 0.836. The molecule has 0 aromatic rings. The van der Waals surface area contributed by atoms with Crippen LogP contribution in [0.3, 0.4) is 0 Å². The third-order valence-electron chi connectivity index (χ3n) is 1.63. The smallest absolute Gasteiger partial charge is 0.0353 e. The van der Waals surface area contributed by atoms with Crippen molar-refractivity contribution in [1.29, 1.82) is 0 Å². The van der Waals surface area contributed by atoms with E-state index in [0.29, 0.717) is 5.92 Å². The summed E-state index contributed by atoms with van der Waals surface area (Å²) in [6, 6.07) is 0. The molecule has 0 radical (unpaired) electrons. The van der Waals surface area contributed by atoms with E-state index in [4.69, 9.17) is 0 Å². The van der Waals surface area contributed by atoms with Crippen molar-refractivity contribution in [2.24, 2.45) is 5.92 Å². The zero-order valence-electron chi connectivity index (χ0n) is 6.94. The molecule has 9 heavy (non-hydrogen) atoms.